The van der Waals surface area contributed by atoms with Crippen molar-refractivity contribution in [2.24, 2.45) is 5.92 Å². The Morgan fingerprint density at radius 3 is 2.14 bits per heavy atom. The quantitative estimate of drug-likeness (QED) is 0.504. The Bertz CT molecular complexity index is 1020. The molecule has 2 aromatic rings. The van der Waals surface area contributed by atoms with Crippen LogP contribution in [0.4, 0.5) is 4.79 Å². The number of rotatable bonds is 9. The number of hydrogen-bond acceptors (Lipinski definition) is 5. The van der Waals surface area contributed by atoms with Crippen molar-refractivity contribution in [3.05, 3.63) is 59.7 Å². The van der Waals surface area contributed by atoms with Crippen LogP contribution in [-0.4, -0.2) is 55.5 Å². The van der Waals surface area contributed by atoms with Gasteiger partial charge in [-0.3, -0.25) is 9.59 Å². The van der Waals surface area contributed by atoms with Crippen molar-refractivity contribution in [3.8, 4) is 11.1 Å². The van der Waals surface area contributed by atoms with Crippen LogP contribution in [0.25, 0.3) is 11.1 Å². The van der Waals surface area contributed by atoms with Gasteiger partial charge in [-0.25, -0.2) is 4.79 Å². The first-order valence-corrected chi connectivity index (χ1v) is 12.1. The van der Waals surface area contributed by atoms with Gasteiger partial charge in [0.1, 0.15) is 6.61 Å². The summed E-state index contributed by atoms with van der Waals surface area (Å²) in [5.41, 5.74) is 4.62. The van der Waals surface area contributed by atoms with Crippen molar-refractivity contribution in [1.82, 2.24) is 10.6 Å². The second-order valence-electron chi connectivity index (χ2n) is 9.22. The number of methoxy groups -OCH3 is 1. The molecule has 8 heteroatoms. The van der Waals surface area contributed by atoms with Crippen LogP contribution in [0.3, 0.4) is 0 Å². The van der Waals surface area contributed by atoms with Gasteiger partial charge in [-0.15, -0.1) is 0 Å². The standard InChI is InChI=1S/C27H32N2O6/c1-34-19(14-25(30)29-18-12-10-17(11-13-18)26(31)32)15-28-27(33)35-16-24-22-8-4-2-6-20(22)21-7-3-5-9-23(21)24/h2-9,17-19,24H,10-16H2,1H3,(H,28,33)(H,29,30)(H,31,32). The Balaban J connectivity index is 1.22. The minimum atomic E-state index is -0.770. The molecular weight excluding hydrogens is 448 g/mol. The fourth-order valence-electron chi connectivity index (χ4n) is 5.06. The lowest BCUT2D eigenvalue weighted by atomic mass is 9.86. The molecule has 0 heterocycles. The number of aliphatic carboxylic acids is 1. The second-order valence-corrected chi connectivity index (χ2v) is 9.22. The van der Waals surface area contributed by atoms with Gasteiger partial charge in [0.25, 0.3) is 0 Å². The van der Waals surface area contributed by atoms with Crippen LogP contribution in [-0.2, 0) is 19.1 Å². The lowest BCUT2D eigenvalue weighted by molar-refractivity contribution is -0.142. The van der Waals surface area contributed by atoms with Crippen LogP contribution in [0.2, 0.25) is 0 Å². The summed E-state index contributed by atoms with van der Waals surface area (Å²) >= 11 is 0. The summed E-state index contributed by atoms with van der Waals surface area (Å²) in [5, 5.41) is 14.8. The largest absolute Gasteiger partial charge is 0.481 e. The van der Waals surface area contributed by atoms with E-state index in [1.165, 1.54) is 18.2 Å². The van der Waals surface area contributed by atoms with Gasteiger partial charge in [-0.2, -0.15) is 0 Å². The molecule has 2 aromatic carbocycles. The molecule has 4 rings (SSSR count). The van der Waals surface area contributed by atoms with E-state index in [1.54, 1.807) is 0 Å². The maximum atomic E-state index is 12.4. The lowest BCUT2D eigenvalue weighted by Crippen LogP contribution is -2.42. The smallest absolute Gasteiger partial charge is 0.407 e. The van der Waals surface area contributed by atoms with Gasteiger partial charge in [0.05, 0.1) is 18.4 Å². The molecule has 0 aromatic heterocycles. The maximum absolute atomic E-state index is 12.4. The highest BCUT2D eigenvalue weighted by Crippen LogP contribution is 2.44. The monoisotopic (exact) mass is 480 g/mol. The summed E-state index contributed by atoms with van der Waals surface area (Å²) in [4.78, 5) is 35.9. The molecule has 0 radical (unpaired) electrons. The number of carboxylic acids is 1. The van der Waals surface area contributed by atoms with E-state index < -0.39 is 18.2 Å². The van der Waals surface area contributed by atoms with Crippen LogP contribution >= 0.6 is 0 Å². The Kier molecular flexibility index (Phi) is 8.02. The highest BCUT2D eigenvalue weighted by Gasteiger charge is 2.29. The molecule has 2 amide bonds. The molecule has 1 atom stereocenters. The van der Waals surface area contributed by atoms with Crippen molar-refractivity contribution in [3.63, 3.8) is 0 Å². The average Bonchev–Trinajstić information content (AvgIpc) is 3.19. The zero-order valence-electron chi connectivity index (χ0n) is 19.9. The normalized spacial score (nSPS) is 19.8. The lowest BCUT2D eigenvalue weighted by Gasteiger charge is -2.27. The zero-order chi connectivity index (χ0) is 24.8. The third kappa shape index (κ3) is 6.00. The van der Waals surface area contributed by atoms with Gasteiger partial charge in [0.2, 0.25) is 5.91 Å². The highest BCUT2D eigenvalue weighted by molar-refractivity contribution is 5.79. The summed E-state index contributed by atoms with van der Waals surface area (Å²) in [6.45, 7) is 0.364. The number of ether oxygens (including phenoxy) is 2. The third-order valence-corrected chi connectivity index (χ3v) is 7.01. The Hall–Kier alpha value is -3.39. The van der Waals surface area contributed by atoms with Crippen LogP contribution < -0.4 is 10.6 Å². The summed E-state index contributed by atoms with van der Waals surface area (Å²) in [6, 6.07) is 16.3. The van der Waals surface area contributed by atoms with Gasteiger partial charge in [-0.05, 0) is 47.9 Å². The molecule has 0 bridgehead atoms. The van der Waals surface area contributed by atoms with E-state index in [0.717, 1.165) is 11.1 Å². The molecule has 3 N–H and O–H groups in total. The van der Waals surface area contributed by atoms with E-state index in [9.17, 15) is 14.4 Å². The molecule has 186 valence electrons. The summed E-state index contributed by atoms with van der Waals surface area (Å²) in [7, 11) is 1.50. The topological polar surface area (TPSA) is 114 Å². The maximum Gasteiger partial charge on any atom is 0.407 e. The van der Waals surface area contributed by atoms with Crippen LogP contribution in [0, 0.1) is 5.92 Å². The van der Waals surface area contributed by atoms with Gasteiger partial charge in [0.15, 0.2) is 0 Å². The number of hydrogen-bond donors (Lipinski definition) is 3. The SMILES string of the molecule is COC(CNC(=O)OCC1c2ccccc2-c2ccccc21)CC(=O)NC1CCC(C(=O)O)CC1. The van der Waals surface area contributed by atoms with Gasteiger partial charge in [0, 0.05) is 25.6 Å². The molecule has 0 spiro atoms. The molecule has 2 aliphatic rings. The summed E-state index contributed by atoms with van der Waals surface area (Å²) < 4.78 is 10.9. The van der Waals surface area contributed by atoms with E-state index in [2.05, 4.69) is 34.9 Å². The Morgan fingerprint density at radius 1 is 0.971 bits per heavy atom. The first-order valence-electron chi connectivity index (χ1n) is 12.1. The van der Waals surface area contributed by atoms with Crippen molar-refractivity contribution in [2.75, 3.05) is 20.3 Å². The second kappa shape index (κ2) is 11.4. The van der Waals surface area contributed by atoms with Crippen LogP contribution in [0.15, 0.2) is 48.5 Å². The fraction of sp³-hybridized carbons (Fsp3) is 0.444. The molecule has 8 nitrogen and oxygen atoms in total. The number of alkyl carbamates (subject to hydrolysis) is 1. The van der Waals surface area contributed by atoms with E-state index in [1.807, 2.05) is 24.3 Å². The summed E-state index contributed by atoms with van der Waals surface area (Å²) in [5.74, 6) is -1.29. The first-order chi connectivity index (χ1) is 17.0. The molecule has 0 saturated heterocycles. The van der Waals surface area contributed by atoms with Crippen LogP contribution in [0.1, 0.15) is 49.1 Å². The molecule has 1 fully saturated rings. The number of fused-ring (bicyclic) bond motifs is 3. The van der Waals surface area contributed by atoms with E-state index in [-0.39, 0.29) is 43.4 Å². The summed E-state index contributed by atoms with van der Waals surface area (Å²) in [6.07, 6.45) is 1.48. The van der Waals surface area contributed by atoms with Crippen molar-refractivity contribution >= 4 is 18.0 Å². The highest BCUT2D eigenvalue weighted by atomic mass is 16.5. The molecular formula is C27H32N2O6. The molecule has 1 unspecified atom stereocenters. The number of nitrogens with one attached hydrogen (secondary N) is 2. The Labute approximate surface area is 205 Å². The molecule has 35 heavy (non-hydrogen) atoms. The van der Waals surface area contributed by atoms with Crippen molar-refractivity contribution in [1.29, 1.82) is 0 Å². The Morgan fingerprint density at radius 2 is 1.57 bits per heavy atom. The predicted molar refractivity (Wildman–Crippen MR) is 130 cm³/mol. The van der Waals surface area contributed by atoms with Crippen LogP contribution in [0.5, 0.6) is 0 Å². The van der Waals surface area contributed by atoms with Crippen molar-refractivity contribution in [2.45, 2.75) is 50.2 Å². The minimum absolute atomic E-state index is 0.0200. The zero-order valence-corrected chi connectivity index (χ0v) is 19.9. The number of amides is 2. The number of carbonyl (C=O) groups excluding carboxylic acids is 2. The predicted octanol–water partition coefficient (Wildman–Crippen LogP) is 3.69. The third-order valence-electron chi connectivity index (χ3n) is 7.01. The number of carboxylic acid groups (broad SMARTS) is 1. The molecule has 2 aliphatic carbocycles. The van der Waals surface area contributed by atoms with Gasteiger partial charge < -0.3 is 25.2 Å². The van der Waals surface area contributed by atoms with Crippen molar-refractivity contribution < 1.29 is 29.0 Å². The van der Waals surface area contributed by atoms with E-state index in [4.69, 9.17) is 14.6 Å². The molecule has 1 saturated carbocycles. The van der Waals surface area contributed by atoms with Gasteiger partial charge >= 0.3 is 12.1 Å². The van der Waals surface area contributed by atoms with E-state index >= 15 is 0 Å². The van der Waals surface area contributed by atoms with Gasteiger partial charge in [-0.1, -0.05) is 48.5 Å². The fourth-order valence-corrected chi connectivity index (χ4v) is 5.06. The van der Waals surface area contributed by atoms with E-state index in [0.29, 0.717) is 25.7 Å². The minimum Gasteiger partial charge on any atom is -0.481 e. The molecule has 0 aliphatic heterocycles. The first kappa shape index (κ1) is 24.7. The average molecular weight is 481 g/mol. The number of benzene rings is 2. The number of carbonyl (C=O) groups is 3.